The molecule has 2 aromatic heterocycles. The van der Waals surface area contributed by atoms with Gasteiger partial charge in [-0.3, -0.25) is 9.55 Å². The van der Waals surface area contributed by atoms with Gasteiger partial charge in [-0.15, -0.1) is 0 Å². The summed E-state index contributed by atoms with van der Waals surface area (Å²) < 4.78 is 2.34. The number of aromatic nitrogens is 3. The monoisotopic (exact) mass is 767 g/mol. The van der Waals surface area contributed by atoms with E-state index in [4.69, 9.17) is 9.97 Å². The summed E-state index contributed by atoms with van der Waals surface area (Å²) in [6.07, 6.45) is 1.96. The molecule has 0 spiro atoms. The van der Waals surface area contributed by atoms with Gasteiger partial charge in [0.1, 0.15) is 11.6 Å². The number of aromatic hydroxyl groups is 1. The third-order valence-electron chi connectivity index (χ3n) is 11.6. The molecule has 0 unspecified atom stereocenters. The lowest BCUT2D eigenvalue weighted by Gasteiger charge is -2.30. The van der Waals surface area contributed by atoms with Crippen LogP contribution in [0.25, 0.3) is 61.6 Å². The van der Waals surface area contributed by atoms with Crippen LogP contribution < -0.4 is 0 Å². The summed E-state index contributed by atoms with van der Waals surface area (Å²) in [6, 6.07) is 38.8. The third-order valence-corrected chi connectivity index (χ3v) is 11.6. The molecular weight excluding hydrogens is 707 g/mol. The number of pyridine rings is 1. The number of rotatable bonds is 7. The summed E-state index contributed by atoms with van der Waals surface area (Å²) in [6.45, 7) is 29.6. The van der Waals surface area contributed by atoms with E-state index in [1.807, 2.05) is 24.4 Å². The van der Waals surface area contributed by atoms with Crippen LogP contribution in [0.4, 0.5) is 0 Å². The summed E-state index contributed by atoms with van der Waals surface area (Å²) in [5.74, 6) is 1.42. The Morgan fingerprint density at radius 3 is 1.76 bits per heavy atom. The molecule has 7 aromatic rings. The number of benzene rings is 5. The second-order valence-corrected chi connectivity index (χ2v) is 19.8. The number of phenolic OH excluding ortho intramolecular Hbond substituents is 1. The minimum Gasteiger partial charge on any atom is -0.507 e. The number of phenols is 1. The fraction of sp³-hybridized carbons (Fsp3) is 0.333. The molecule has 0 aliphatic carbocycles. The third kappa shape index (κ3) is 7.62. The molecule has 5 aromatic carbocycles. The number of hydrogen-bond acceptors (Lipinski definition) is 3. The predicted octanol–water partition coefficient (Wildman–Crippen LogP) is 14.9. The van der Waals surface area contributed by atoms with Crippen LogP contribution >= 0.6 is 0 Å². The maximum atomic E-state index is 11.8. The van der Waals surface area contributed by atoms with Gasteiger partial charge in [0.2, 0.25) is 0 Å². The quantitative estimate of drug-likeness (QED) is 0.176. The normalized spacial score (nSPS) is 12.6. The maximum absolute atomic E-state index is 11.8. The Kier molecular flexibility index (Phi) is 10.6. The first-order chi connectivity index (χ1) is 27.3. The molecule has 0 radical (unpaired) electrons. The molecule has 298 valence electrons. The van der Waals surface area contributed by atoms with Crippen LogP contribution in [0.1, 0.15) is 130 Å². The summed E-state index contributed by atoms with van der Waals surface area (Å²) in [4.78, 5) is 10.7. The Bertz CT molecular complexity index is 2600. The minimum absolute atomic E-state index is 0.0207. The molecule has 1 N–H and O–H groups in total. The van der Waals surface area contributed by atoms with Gasteiger partial charge in [-0.25, -0.2) is 4.98 Å². The van der Waals surface area contributed by atoms with Gasteiger partial charge in [0.25, 0.3) is 0 Å². The Hall–Kier alpha value is -5.48. The molecule has 58 heavy (non-hydrogen) atoms. The van der Waals surface area contributed by atoms with Gasteiger partial charge in [-0.05, 0) is 109 Å². The Morgan fingerprint density at radius 2 is 1.16 bits per heavy atom. The molecule has 0 amide bonds. The first-order valence-electron chi connectivity index (χ1n) is 21.0. The Balaban J connectivity index is 1.63. The molecule has 0 atom stereocenters. The highest BCUT2D eigenvalue weighted by Gasteiger charge is 2.30. The van der Waals surface area contributed by atoms with E-state index in [2.05, 4.69) is 186 Å². The molecule has 0 saturated carbocycles. The van der Waals surface area contributed by atoms with Gasteiger partial charge >= 0.3 is 0 Å². The van der Waals surface area contributed by atoms with Gasteiger partial charge in [-0.1, -0.05) is 163 Å². The van der Waals surface area contributed by atoms with Crippen LogP contribution in [0.15, 0.2) is 115 Å². The summed E-state index contributed by atoms with van der Waals surface area (Å²) >= 11 is 0. The van der Waals surface area contributed by atoms with E-state index in [-0.39, 0.29) is 33.8 Å². The topological polar surface area (TPSA) is 50.9 Å². The van der Waals surface area contributed by atoms with E-state index >= 15 is 0 Å². The minimum atomic E-state index is -0.181. The lowest BCUT2D eigenvalue weighted by atomic mass is 9.74. The van der Waals surface area contributed by atoms with Crippen molar-refractivity contribution in [3.05, 3.63) is 143 Å². The SMILES string of the molecule is CC(C)c1cccc(C(C)C)c1-n1c(-c2cc(-c3ccccc3)ccc2O)nc2c(-c3cc(-c4cc(C(C)(C)C)ccn4)c(C(C)(C)C)cc3C(C)(C)C)cccc21. The Labute approximate surface area is 347 Å². The van der Waals surface area contributed by atoms with Crippen molar-refractivity contribution in [2.45, 2.75) is 118 Å². The van der Waals surface area contributed by atoms with Crippen molar-refractivity contribution >= 4 is 11.0 Å². The molecule has 7 rings (SSSR count). The lowest BCUT2D eigenvalue weighted by molar-refractivity contribution is 0.477. The average molecular weight is 768 g/mol. The van der Waals surface area contributed by atoms with Crippen LogP contribution in [0.2, 0.25) is 0 Å². The van der Waals surface area contributed by atoms with E-state index in [1.54, 1.807) is 0 Å². The summed E-state index contributed by atoms with van der Waals surface area (Å²) in [5, 5.41) is 11.8. The van der Waals surface area contributed by atoms with Crippen molar-refractivity contribution < 1.29 is 5.11 Å². The van der Waals surface area contributed by atoms with E-state index in [1.165, 1.54) is 27.8 Å². The molecule has 0 saturated heterocycles. The molecule has 0 aliphatic rings. The fourth-order valence-electron chi connectivity index (χ4n) is 8.34. The van der Waals surface area contributed by atoms with Gasteiger partial charge in [0, 0.05) is 17.3 Å². The van der Waals surface area contributed by atoms with E-state index in [9.17, 15) is 5.11 Å². The first kappa shape index (κ1) is 40.7. The number of fused-ring (bicyclic) bond motifs is 1. The van der Waals surface area contributed by atoms with Gasteiger partial charge in [0.05, 0.1) is 28.0 Å². The average Bonchev–Trinajstić information content (AvgIpc) is 3.56. The van der Waals surface area contributed by atoms with Gasteiger partial charge in [0.15, 0.2) is 0 Å². The molecule has 0 fully saturated rings. The zero-order chi connectivity index (χ0) is 41.9. The predicted molar refractivity (Wildman–Crippen MR) is 247 cm³/mol. The van der Waals surface area contributed by atoms with Crippen LogP contribution in [-0.4, -0.2) is 19.6 Å². The van der Waals surface area contributed by atoms with Crippen molar-refractivity contribution in [1.29, 1.82) is 0 Å². The molecule has 4 nitrogen and oxygen atoms in total. The van der Waals surface area contributed by atoms with Crippen LogP contribution in [0, 0.1) is 0 Å². The molecular formula is C54H61N3O. The lowest BCUT2D eigenvalue weighted by Crippen LogP contribution is -2.19. The maximum Gasteiger partial charge on any atom is 0.149 e. The number of para-hydroxylation sites is 2. The zero-order valence-corrected chi connectivity index (χ0v) is 36.9. The summed E-state index contributed by atoms with van der Waals surface area (Å²) in [7, 11) is 0. The number of hydrogen-bond donors (Lipinski definition) is 1. The van der Waals surface area contributed by atoms with Crippen molar-refractivity contribution in [1.82, 2.24) is 14.5 Å². The van der Waals surface area contributed by atoms with Gasteiger partial charge in [-0.2, -0.15) is 0 Å². The van der Waals surface area contributed by atoms with Gasteiger partial charge < -0.3 is 5.11 Å². The number of nitrogens with zero attached hydrogens (tertiary/aromatic N) is 3. The van der Waals surface area contributed by atoms with Crippen molar-refractivity contribution in [3.63, 3.8) is 0 Å². The standard InChI is InChI=1S/C54H61N3O/c1-33(2)38-21-17-22-39(34(3)4)50(38)57-47-24-18-23-40(49(47)56-51(57)43-29-36(25-26-48(43)58)35-19-15-14-16-20-35)41-31-42(46-30-37(27-28-55-46)52(5,6)7)45(54(11,12)13)32-44(41)53(8,9)10/h14-34,58H,1-13H3. The van der Waals surface area contributed by atoms with Crippen LogP contribution in [0.3, 0.4) is 0 Å². The number of imidazole rings is 1. The first-order valence-corrected chi connectivity index (χ1v) is 21.0. The fourth-order valence-corrected chi connectivity index (χ4v) is 8.34. The molecule has 0 aliphatic heterocycles. The smallest absolute Gasteiger partial charge is 0.149 e. The highest BCUT2D eigenvalue weighted by molar-refractivity contribution is 5.98. The summed E-state index contributed by atoms with van der Waals surface area (Å²) in [5.41, 5.74) is 16.1. The largest absolute Gasteiger partial charge is 0.507 e. The highest BCUT2D eigenvalue weighted by Crippen LogP contribution is 2.46. The Morgan fingerprint density at radius 1 is 0.534 bits per heavy atom. The molecule has 0 bridgehead atoms. The highest BCUT2D eigenvalue weighted by atomic mass is 16.3. The second-order valence-electron chi connectivity index (χ2n) is 19.8. The van der Waals surface area contributed by atoms with Crippen molar-refractivity contribution in [2.75, 3.05) is 0 Å². The van der Waals surface area contributed by atoms with E-state index in [0.29, 0.717) is 5.56 Å². The zero-order valence-electron chi connectivity index (χ0n) is 36.9. The second kappa shape index (κ2) is 15.0. The van der Waals surface area contributed by atoms with Crippen LogP contribution in [0.5, 0.6) is 5.75 Å². The van der Waals surface area contributed by atoms with E-state index < -0.39 is 0 Å². The van der Waals surface area contributed by atoms with E-state index in [0.717, 1.165) is 56.1 Å². The van der Waals surface area contributed by atoms with Crippen molar-refractivity contribution in [2.24, 2.45) is 0 Å². The molecule has 4 heteroatoms. The van der Waals surface area contributed by atoms with Crippen LogP contribution in [-0.2, 0) is 16.2 Å². The van der Waals surface area contributed by atoms with Crippen molar-refractivity contribution in [3.8, 4) is 56.3 Å². The molecule has 2 heterocycles.